The molecule has 0 aromatic carbocycles. The van der Waals surface area contributed by atoms with Crippen molar-refractivity contribution < 1.29 is 0 Å². The molecule has 1 N–H and O–H groups in total. The lowest BCUT2D eigenvalue weighted by atomic mass is 9.73. The van der Waals surface area contributed by atoms with Crippen LogP contribution < -0.4 is 5.32 Å². The zero-order valence-electron chi connectivity index (χ0n) is 9.10. The molecular formula is C12H23N. The van der Waals surface area contributed by atoms with E-state index < -0.39 is 0 Å². The van der Waals surface area contributed by atoms with Crippen molar-refractivity contribution in [3.8, 4) is 0 Å². The molecule has 1 heteroatoms. The van der Waals surface area contributed by atoms with Crippen molar-refractivity contribution in [1.82, 2.24) is 5.32 Å². The molecule has 0 saturated heterocycles. The van der Waals surface area contributed by atoms with Gasteiger partial charge in [0.25, 0.3) is 0 Å². The molecule has 13 heavy (non-hydrogen) atoms. The molecule has 0 aliphatic heterocycles. The Balaban J connectivity index is 1.79. The first-order valence-electron chi connectivity index (χ1n) is 5.92. The fraction of sp³-hybridized carbons (Fsp3) is 1.00. The summed E-state index contributed by atoms with van der Waals surface area (Å²) in [4.78, 5) is 0. The lowest BCUT2D eigenvalue weighted by Gasteiger charge is -2.39. The van der Waals surface area contributed by atoms with Crippen molar-refractivity contribution in [2.45, 2.75) is 58.4 Å². The number of rotatable bonds is 3. The lowest BCUT2D eigenvalue weighted by molar-refractivity contribution is 0.167. The Bertz CT molecular complexity index is 170. The van der Waals surface area contributed by atoms with E-state index in [1.54, 1.807) is 0 Å². The first-order valence-corrected chi connectivity index (χ1v) is 5.92. The Hall–Kier alpha value is -0.0400. The third kappa shape index (κ3) is 2.46. The highest BCUT2D eigenvalue weighted by atomic mass is 14.9. The van der Waals surface area contributed by atoms with Gasteiger partial charge in [-0.2, -0.15) is 0 Å². The van der Waals surface area contributed by atoms with Crippen LogP contribution in [0.4, 0.5) is 0 Å². The van der Waals surface area contributed by atoms with Crippen LogP contribution in [0.15, 0.2) is 0 Å². The molecule has 1 nitrogen and oxygen atoms in total. The predicted molar refractivity (Wildman–Crippen MR) is 56.8 cm³/mol. The molecule has 2 saturated carbocycles. The summed E-state index contributed by atoms with van der Waals surface area (Å²) in [6.07, 6.45) is 8.63. The quantitative estimate of drug-likeness (QED) is 0.706. The number of hydrogen-bond donors (Lipinski definition) is 1. The van der Waals surface area contributed by atoms with Gasteiger partial charge in [-0.1, -0.05) is 26.7 Å². The molecular weight excluding hydrogens is 158 g/mol. The van der Waals surface area contributed by atoms with Crippen molar-refractivity contribution >= 4 is 0 Å². The van der Waals surface area contributed by atoms with Crippen molar-refractivity contribution in [3.05, 3.63) is 0 Å². The van der Waals surface area contributed by atoms with Gasteiger partial charge in [0.2, 0.25) is 0 Å². The van der Waals surface area contributed by atoms with Crippen LogP contribution in [0.2, 0.25) is 0 Å². The van der Waals surface area contributed by atoms with Crippen LogP contribution in [0.25, 0.3) is 0 Å². The highest BCUT2D eigenvalue weighted by Crippen LogP contribution is 2.36. The zero-order valence-corrected chi connectivity index (χ0v) is 9.10. The first-order chi connectivity index (χ1) is 6.18. The first kappa shape index (κ1) is 9.51. The Morgan fingerprint density at radius 1 is 1.15 bits per heavy atom. The maximum absolute atomic E-state index is 3.77. The Morgan fingerprint density at radius 3 is 2.54 bits per heavy atom. The average molecular weight is 181 g/mol. The van der Waals surface area contributed by atoms with Crippen LogP contribution in [0, 0.1) is 11.3 Å². The largest absolute Gasteiger partial charge is 0.313 e. The molecule has 0 heterocycles. The van der Waals surface area contributed by atoms with E-state index in [2.05, 4.69) is 19.2 Å². The fourth-order valence-corrected chi connectivity index (χ4v) is 2.50. The molecule has 2 aliphatic rings. The Morgan fingerprint density at radius 2 is 1.92 bits per heavy atom. The molecule has 1 atom stereocenters. The monoisotopic (exact) mass is 181 g/mol. The van der Waals surface area contributed by atoms with Gasteiger partial charge in [0, 0.05) is 6.04 Å². The second-order valence-corrected chi connectivity index (χ2v) is 5.64. The van der Waals surface area contributed by atoms with E-state index in [-0.39, 0.29) is 0 Å². The summed E-state index contributed by atoms with van der Waals surface area (Å²) in [6.45, 7) is 6.14. The van der Waals surface area contributed by atoms with Gasteiger partial charge in [0.1, 0.15) is 0 Å². The maximum Gasteiger partial charge on any atom is 0.0118 e. The zero-order chi connectivity index (χ0) is 9.31. The van der Waals surface area contributed by atoms with E-state index in [4.69, 9.17) is 0 Å². The van der Waals surface area contributed by atoms with Crippen LogP contribution in [0.3, 0.4) is 0 Å². The number of hydrogen-bond acceptors (Lipinski definition) is 1. The van der Waals surface area contributed by atoms with E-state index >= 15 is 0 Å². The maximum atomic E-state index is 3.77. The van der Waals surface area contributed by atoms with Gasteiger partial charge < -0.3 is 5.32 Å². The van der Waals surface area contributed by atoms with Crippen LogP contribution in [-0.2, 0) is 0 Å². The molecule has 0 aromatic heterocycles. The van der Waals surface area contributed by atoms with Gasteiger partial charge in [-0.15, -0.1) is 0 Å². The minimum absolute atomic E-state index is 0.549. The second-order valence-electron chi connectivity index (χ2n) is 5.64. The van der Waals surface area contributed by atoms with E-state index in [0.29, 0.717) is 5.41 Å². The molecule has 2 fully saturated rings. The van der Waals surface area contributed by atoms with E-state index in [0.717, 1.165) is 12.0 Å². The van der Waals surface area contributed by atoms with Gasteiger partial charge in [-0.25, -0.2) is 0 Å². The van der Waals surface area contributed by atoms with E-state index in [1.807, 2.05) is 0 Å². The fourth-order valence-electron chi connectivity index (χ4n) is 2.50. The van der Waals surface area contributed by atoms with Gasteiger partial charge in [0.15, 0.2) is 0 Å². The minimum atomic E-state index is 0.549. The summed E-state index contributed by atoms with van der Waals surface area (Å²) in [7, 11) is 0. The minimum Gasteiger partial charge on any atom is -0.313 e. The predicted octanol–water partition coefficient (Wildman–Crippen LogP) is 2.95. The summed E-state index contributed by atoms with van der Waals surface area (Å²) in [6, 6.07) is 0.793. The summed E-state index contributed by atoms with van der Waals surface area (Å²) < 4.78 is 0. The standard InChI is InChI=1S/C12H23N/c1-12(2)8-4-3-5-11(12)13-9-10-6-7-10/h10-11,13H,3-9H2,1-2H3. The lowest BCUT2D eigenvalue weighted by Crippen LogP contribution is -2.44. The van der Waals surface area contributed by atoms with Crippen molar-refractivity contribution in [2.24, 2.45) is 11.3 Å². The molecule has 0 spiro atoms. The summed E-state index contributed by atoms with van der Waals surface area (Å²) in [5.74, 6) is 1.03. The summed E-state index contributed by atoms with van der Waals surface area (Å²) >= 11 is 0. The Kier molecular flexibility index (Phi) is 2.64. The molecule has 0 amide bonds. The normalized spacial score (nSPS) is 33.2. The molecule has 0 bridgehead atoms. The Labute approximate surface area is 82.3 Å². The number of nitrogens with one attached hydrogen (secondary N) is 1. The van der Waals surface area contributed by atoms with Crippen LogP contribution >= 0.6 is 0 Å². The van der Waals surface area contributed by atoms with Crippen molar-refractivity contribution in [3.63, 3.8) is 0 Å². The average Bonchev–Trinajstić information content (AvgIpc) is 2.85. The van der Waals surface area contributed by atoms with Gasteiger partial charge in [-0.3, -0.25) is 0 Å². The smallest absolute Gasteiger partial charge is 0.0118 e. The summed E-state index contributed by atoms with van der Waals surface area (Å²) in [5.41, 5.74) is 0.549. The molecule has 1 unspecified atom stereocenters. The van der Waals surface area contributed by atoms with E-state index in [1.165, 1.54) is 45.1 Å². The van der Waals surface area contributed by atoms with Crippen LogP contribution in [-0.4, -0.2) is 12.6 Å². The molecule has 76 valence electrons. The van der Waals surface area contributed by atoms with Crippen molar-refractivity contribution in [1.29, 1.82) is 0 Å². The van der Waals surface area contributed by atoms with Gasteiger partial charge in [-0.05, 0) is 43.6 Å². The molecule has 0 aromatic rings. The third-order valence-corrected chi connectivity index (χ3v) is 3.86. The highest BCUT2D eigenvalue weighted by molar-refractivity contribution is 4.89. The topological polar surface area (TPSA) is 12.0 Å². The molecule has 2 aliphatic carbocycles. The SMILES string of the molecule is CC1(C)CCCCC1NCC1CC1. The summed E-state index contributed by atoms with van der Waals surface area (Å²) in [5, 5.41) is 3.77. The third-order valence-electron chi connectivity index (χ3n) is 3.86. The van der Waals surface area contributed by atoms with Gasteiger partial charge >= 0.3 is 0 Å². The van der Waals surface area contributed by atoms with Crippen LogP contribution in [0.1, 0.15) is 52.4 Å². The van der Waals surface area contributed by atoms with Crippen LogP contribution in [0.5, 0.6) is 0 Å². The van der Waals surface area contributed by atoms with E-state index in [9.17, 15) is 0 Å². The highest BCUT2D eigenvalue weighted by Gasteiger charge is 2.33. The molecule has 0 radical (unpaired) electrons. The van der Waals surface area contributed by atoms with Gasteiger partial charge in [0.05, 0.1) is 0 Å². The molecule has 2 rings (SSSR count). The second kappa shape index (κ2) is 3.61. The van der Waals surface area contributed by atoms with Crippen molar-refractivity contribution in [2.75, 3.05) is 6.54 Å².